The number of carbonyl (C=O) groups is 2. The predicted octanol–water partition coefficient (Wildman–Crippen LogP) is 0.968. The SMILES string of the molecule is O=C1CCC(C(=O)NCc2ccc(F)cc2)CN1. The van der Waals surface area contributed by atoms with Gasteiger partial charge in [-0.3, -0.25) is 9.59 Å². The van der Waals surface area contributed by atoms with Crippen LogP contribution in [0.3, 0.4) is 0 Å². The number of halogens is 1. The third-order valence-electron chi connectivity index (χ3n) is 3.02. The van der Waals surface area contributed by atoms with Gasteiger partial charge in [-0.1, -0.05) is 12.1 Å². The van der Waals surface area contributed by atoms with Crippen LogP contribution in [-0.4, -0.2) is 18.4 Å². The van der Waals surface area contributed by atoms with E-state index in [0.717, 1.165) is 5.56 Å². The highest BCUT2D eigenvalue weighted by Gasteiger charge is 2.23. The second kappa shape index (κ2) is 5.62. The molecule has 0 aliphatic carbocycles. The fourth-order valence-electron chi connectivity index (χ4n) is 1.89. The first-order valence-electron chi connectivity index (χ1n) is 5.94. The summed E-state index contributed by atoms with van der Waals surface area (Å²) < 4.78 is 12.7. The van der Waals surface area contributed by atoms with Crippen LogP contribution in [0.4, 0.5) is 4.39 Å². The molecule has 1 unspecified atom stereocenters. The van der Waals surface area contributed by atoms with Crippen molar-refractivity contribution in [3.63, 3.8) is 0 Å². The maximum absolute atomic E-state index is 12.7. The van der Waals surface area contributed by atoms with E-state index in [-0.39, 0.29) is 23.5 Å². The van der Waals surface area contributed by atoms with E-state index in [4.69, 9.17) is 0 Å². The molecule has 1 saturated heterocycles. The zero-order valence-electron chi connectivity index (χ0n) is 9.91. The number of piperidine rings is 1. The van der Waals surface area contributed by atoms with E-state index in [1.54, 1.807) is 12.1 Å². The third-order valence-corrected chi connectivity index (χ3v) is 3.02. The number of hydrogen-bond acceptors (Lipinski definition) is 2. The van der Waals surface area contributed by atoms with Crippen molar-refractivity contribution in [3.8, 4) is 0 Å². The predicted molar refractivity (Wildman–Crippen MR) is 64.0 cm³/mol. The summed E-state index contributed by atoms with van der Waals surface area (Å²) in [7, 11) is 0. The minimum absolute atomic E-state index is 0.00224. The first-order chi connectivity index (χ1) is 8.65. The molecule has 2 rings (SSSR count). The van der Waals surface area contributed by atoms with Gasteiger partial charge in [0, 0.05) is 19.5 Å². The smallest absolute Gasteiger partial charge is 0.225 e. The Morgan fingerprint density at radius 3 is 2.72 bits per heavy atom. The lowest BCUT2D eigenvalue weighted by Gasteiger charge is -2.21. The second-order valence-electron chi connectivity index (χ2n) is 4.38. The van der Waals surface area contributed by atoms with Gasteiger partial charge in [-0.2, -0.15) is 0 Å². The second-order valence-corrected chi connectivity index (χ2v) is 4.38. The molecule has 1 aromatic carbocycles. The molecule has 2 N–H and O–H groups in total. The van der Waals surface area contributed by atoms with E-state index in [0.29, 0.717) is 25.9 Å². The van der Waals surface area contributed by atoms with Gasteiger partial charge >= 0.3 is 0 Å². The number of nitrogens with one attached hydrogen (secondary N) is 2. The molecule has 5 heteroatoms. The van der Waals surface area contributed by atoms with Gasteiger partial charge in [0.05, 0.1) is 5.92 Å². The molecule has 2 amide bonds. The molecule has 0 bridgehead atoms. The van der Waals surface area contributed by atoms with E-state index in [1.807, 2.05) is 0 Å². The Labute approximate surface area is 105 Å². The van der Waals surface area contributed by atoms with Crippen LogP contribution in [-0.2, 0) is 16.1 Å². The summed E-state index contributed by atoms with van der Waals surface area (Å²) in [4.78, 5) is 22.8. The van der Waals surface area contributed by atoms with Crippen molar-refractivity contribution in [2.75, 3.05) is 6.54 Å². The van der Waals surface area contributed by atoms with E-state index >= 15 is 0 Å². The average Bonchev–Trinajstić information content (AvgIpc) is 2.38. The highest BCUT2D eigenvalue weighted by atomic mass is 19.1. The van der Waals surface area contributed by atoms with Gasteiger partial charge in [0.2, 0.25) is 11.8 Å². The lowest BCUT2D eigenvalue weighted by Crippen LogP contribution is -2.42. The summed E-state index contributed by atoms with van der Waals surface area (Å²) in [5.41, 5.74) is 0.851. The van der Waals surface area contributed by atoms with Crippen LogP contribution < -0.4 is 10.6 Å². The maximum Gasteiger partial charge on any atom is 0.225 e. The Hall–Kier alpha value is -1.91. The molecule has 1 heterocycles. The molecule has 1 fully saturated rings. The summed E-state index contributed by atoms with van der Waals surface area (Å²) in [5.74, 6) is -0.528. The summed E-state index contributed by atoms with van der Waals surface area (Å²) in [6.07, 6.45) is 0.982. The summed E-state index contributed by atoms with van der Waals surface area (Å²) in [6, 6.07) is 6.00. The van der Waals surface area contributed by atoms with Gasteiger partial charge in [-0.05, 0) is 24.1 Å². The summed E-state index contributed by atoms with van der Waals surface area (Å²) in [5, 5.41) is 5.46. The van der Waals surface area contributed by atoms with Crippen LogP contribution in [0.1, 0.15) is 18.4 Å². The Kier molecular flexibility index (Phi) is 3.92. The molecule has 1 atom stereocenters. The normalized spacial score (nSPS) is 19.2. The lowest BCUT2D eigenvalue weighted by atomic mass is 9.98. The van der Waals surface area contributed by atoms with Crippen molar-refractivity contribution in [1.29, 1.82) is 0 Å². The van der Waals surface area contributed by atoms with Crippen molar-refractivity contribution >= 4 is 11.8 Å². The molecule has 1 aromatic rings. The van der Waals surface area contributed by atoms with Gasteiger partial charge in [0.1, 0.15) is 5.82 Å². The molecule has 1 aliphatic rings. The van der Waals surface area contributed by atoms with Crippen LogP contribution in [0.25, 0.3) is 0 Å². The maximum atomic E-state index is 12.7. The minimum Gasteiger partial charge on any atom is -0.355 e. The van der Waals surface area contributed by atoms with Crippen LogP contribution in [0, 0.1) is 11.7 Å². The number of carbonyl (C=O) groups excluding carboxylic acids is 2. The summed E-state index contributed by atoms with van der Waals surface area (Å²) >= 11 is 0. The minimum atomic E-state index is -0.292. The first kappa shape index (κ1) is 12.5. The standard InChI is InChI=1S/C13H15FN2O2/c14-11-4-1-9(2-5-11)7-16-13(18)10-3-6-12(17)15-8-10/h1-2,4-5,10H,3,6-8H2,(H,15,17)(H,16,18). The van der Waals surface area contributed by atoms with Gasteiger partial charge in [0.25, 0.3) is 0 Å². The quantitative estimate of drug-likeness (QED) is 0.839. The number of amides is 2. The molecular formula is C13H15FN2O2. The molecule has 1 aliphatic heterocycles. The van der Waals surface area contributed by atoms with E-state index in [2.05, 4.69) is 10.6 Å². The number of rotatable bonds is 3. The van der Waals surface area contributed by atoms with Gasteiger partial charge in [0.15, 0.2) is 0 Å². The molecular weight excluding hydrogens is 235 g/mol. The van der Waals surface area contributed by atoms with Gasteiger partial charge in [-0.15, -0.1) is 0 Å². The Bertz CT molecular complexity index is 435. The zero-order chi connectivity index (χ0) is 13.0. The Morgan fingerprint density at radius 1 is 1.39 bits per heavy atom. The summed E-state index contributed by atoms with van der Waals surface area (Å²) in [6.45, 7) is 0.775. The van der Waals surface area contributed by atoms with Crippen molar-refractivity contribution in [2.45, 2.75) is 19.4 Å². The number of benzene rings is 1. The zero-order valence-corrected chi connectivity index (χ0v) is 9.91. The van der Waals surface area contributed by atoms with Crippen molar-refractivity contribution in [2.24, 2.45) is 5.92 Å². The van der Waals surface area contributed by atoms with Crippen molar-refractivity contribution in [1.82, 2.24) is 10.6 Å². The average molecular weight is 250 g/mol. The van der Waals surface area contributed by atoms with Crippen LogP contribution in [0.2, 0.25) is 0 Å². The van der Waals surface area contributed by atoms with Crippen LogP contribution >= 0.6 is 0 Å². The van der Waals surface area contributed by atoms with Crippen molar-refractivity contribution < 1.29 is 14.0 Å². The Morgan fingerprint density at radius 2 is 2.11 bits per heavy atom. The van der Waals surface area contributed by atoms with Gasteiger partial charge < -0.3 is 10.6 Å². The van der Waals surface area contributed by atoms with E-state index < -0.39 is 0 Å². The van der Waals surface area contributed by atoms with Crippen LogP contribution in [0.15, 0.2) is 24.3 Å². The highest BCUT2D eigenvalue weighted by Crippen LogP contribution is 2.11. The molecule has 4 nitrogen and oxygen atoms in total. The fraction of sp³-hybridized carbons (Fsp3) is 0.385. The Balaban J connectivity index is 1.81. The van der Waals surface area contributed by atoms with E-state index in [9.17, 15) is 14.0 Å². The molecule has 18 heavy (non-hydrogen) atoms. The molecule has 0 aromatic heterocycles. The third kappa shape index (κ3) is 3.29. The van der Waals surface area contributed by atoms with Crippen molar-refractivity contribution in [3.05, 3.63) is 35.6 Å². The van der Waals surface area contributed by atoms with Gasteiger partial charge in [-0.25, -0.2) is 4.39 Å². The van der Waals surface area contributed by atoms with Crippen LogP contribution in [0.5, 0.6) is 0 Å². The highest BCUT2D eigenvalue weighted by molar-refractivity contribution is 5.83. The molecule has 96 valence electrons. The van der Waals surface area contributed by atoms with E-state index in [1.165, 1.54) is 12.1 Å². The molecule has 0 spiro atoms. The molecule has 0 radical (unpaired) electrons. The lowest BCUT2D eigenvalue weighted by molar-refractivity contribution is -0.129. The fourth-order valence-corrected chi connectivity index (χ4v) is 1.89. The monoisotopic (exact) mass is 250 g/mol. The first-order valence-corrected chi connectivity index (χ1v) is 5.94. The topological polar surface area (TPSA) is 58.2 Å². The largest absolute Gasteiger partial charge is 0.355 e. The molecule has 0 saturated carbocycles. The number of hydrogen-bond donors (Lipinski definition) is 2.